The molecule has 0 atom stereocenters. The minimum absolute atomic E-state index is 0.157. The fraction of sp³-hybridized carbons (Fsp3) is 0. The van der Waals surface area contributed by atoms with E-state index in [1.165, 1.54) is 6.07 Å². The van der Waals surface area contributed by atoms with Gasteiger partial charge in [0, 0.05) is 11.3 Å². The number of nitrogens with two attached hydrogens (primary N) is 2. The summed E-state index contributed by atoms with van der Waals surface area (Å²) in [7, 11) is 0. The van der Waals surface area contributed by atoms with Gasteiger partial charge in [-0.1, -0.05) is 24.3 Å². The van der Waals surface area contributed by atoms with Crippen molar-refractivity contribution >= 4 is 11.4 Å². The second kappa shape index (κ2) is 3.61. The lowest BCUT2D eigenvalue weighted by Gasteiger charge is -2.05. The van der Waals surface area contributed by atoms with Crippen molar-refractivity contribution in [3.05, 3.63) is 48.3 Å². The van der Waals surface area contributed by atoms with Crippen molar-refractivity contribution in [2.24, 2.45) is 0 Å². The topological polar surface area (TPSA) is 52.0 Å². The Morgan fingerprint density at radius 1 is 0.867 bits per heavy atom. The van der Waals surface area contributed by atoms with Gasteiger partial charge in [-0.3, -0.25) is 0 Å². The standard InChI is InChI=1S/C12H11FN2/c13-12-10(2-1-3-11(12)15)8-4-6-9(14)7-5-8/h1-7H,14-15H2. The molecular formula is C12H11FN2. The van der Waals surface area contributed by atoms with Crippen LogP contribution >= 0.6 is 0 Å². The zero-order valence-electron chi connectivity index (χ0n) is 8.07. The third kappa shape index (κ3) is 1.76. The van der Waals surface area contributed by atoms with Gasteiger partial charge in [-0.2, -0.15) is 0 Å². The van der Waals surface area contributed by atoms with Gasteiger partial charge in [0.1, 0.15) is 0 Å². The quantitative estimate of drug-likeness (QED) is 0.698. The summed E-state index contributed by atoms with van der Waals surface area (Å²) in [6.45, 7) is 0. The summed E-state index contributed by atoms with van der Waals surface area (Å²) in [5, 5.41) is 0. The second-order valence-electron chi connectivity index (χ2n) is 3.33. The average Bonchev–Trinajstić information content (AvgIpc) is 2.24. The van der Waals surface area contributed by atoms with Crippen molar-refractivity contribution in [3.63, 3.8) is 0 Å². The second-order valence-corrected chi connectivity index (χ2v) is 3.33. The Morgan fingerprint density at radius 3 is 2.20 bits per heavy atom. The number of hydrogen-bond donors (Lipinski definition) is 2. The molecule has 0 heterocycles. The van der Waals surface area contributed by atoms with Crippen LogP contribution in [-0.2, 0) is 0 Å². The van der Waals surface area contributed by atoms with Crippen LogP contribution in [0.2, 0.25) is 0 Å². The largest absolute Gasteiger partial charge is 0.399 e. The van der Waals surface area contributed by atoms with Gasteiger partial charge in [-0.25, -0.2) is 4.39 Å². The zero-order chi connectivity index (χ0) is 10.8. The van der Waals surface area contributed by atoms with Crippen LogP contribution in [0.3, 0.4) is 0 Å². The monoisotopic (exact) mass is 202 g/mol. The van der Waals surface area contributed by atoms with Gasteiger partial charge in [0.25, 0.3) is 0 Å². The van der Waals surface area contributed by atoms with Gasteiger partial charge >= 0.3 is 0 Å². The summed E-state index contributed by atoms with van der Waals surface area (Å²) in [4.78, 5) is 0. The number of nitrogen functional groups attached to an aromatic ring is 2. The minimum Gasteiger partial charge on any atom is -0.399 e. The lowest BCUT2D eigenvalue weighted by molar-refractivity contribution is 0.636. The molecule has 0 bridgehead atoms. The highest BCUT2D eigenvalue weighted by molar-refractivity contribution is 5.69. The maximum absolute atomic E-state index is 13.6. The highest BCUT2D eigenvalue weighted by Crippen LogP contribution is 2.26. The van der Waals surface area contributed by atoms with E-state index in [0.717, 1.165) is 5.56 Å². The average molecular weight is 202 g/mol. The zero-order valence-corrected chi connectivity index (χ0v) is 8.07. The molecule has 0 amide bonds. The molecular weight excluding hydrogens is 191 g/mol. The molecule has 2 rings (SSSR count). The molecule has 0 aliphatic rings. The molecule has 0 saturated carbocycles. The van der Waals surface area contributed by atoms with Gasteiger partial charge in [0.15, 0.2) is 5.82 Å². The van der Waals surface area contributed by atoms with Crippen molar-refractivity contribution in [3.8, 4) is 11.1 Å². The normalized spacial score (nSPS) is 10.2. The molecule has 0 aliphatic heterocycles. The molecule has 2 nitrogen and oxygen atoms in total. The molecule has 0 spiro atoms. The summed E-state index contributed by atoms with van der Waals surface area (Å²) in [6, 6.07) is 12.0. The van der Waals surface area contributed by atoms with E-state index in [4.69, 9.17) is 11.5 Å². The molecule has 0 aromatic heterocycles. The number of rotatable bonds is 1. The maximum Gasteiger partial charge on any atom is 0.153 e. The fourth-order valence-electron chi connectivity index (χ4n) is 1.44. The van der Waals surface area contributed by atoms with E-state index >= 15 is 0 Å². The molecule has 15 heavy (non-hydrogen) atoms. The molecule has 3 heteroatoms. The third-order valence-electron chi connectivity index (χ3n) is 2.25. The highest BCUT2D eigenvalue weighted by Gasteiger charge is 2.06. The molecule has 0 unspecified atom stereocenters. The Morgan fingerprint density at radius 2 is 1.53 bits per heavy atom. The number of halogens is 1. The first-order valence-corrected chi connectivity index (χ1v) is 4.58. The van der Waals surface area contributed by atoms with Crippen LogP contribution in [-0.4, -0.2) is 0 Å². The fourth-order valence-corrected chi connectivity index (χ4v) is 1.44. The van der Waals surface area contributed by atoms with E-state index in [9.17, 15) is 4.39 Å². The Bertz CT molecular complexity index is 477. The predicted molar refractivity (Wildman–Crippen MR) is 60.7 cm³/mol. The lowest BCUT2D eigenvalue weighted by atomic mass is 10.0. The Balaban J connectivity index is 2.54. The maximum atomic E-state index is 13.6. The number of anilines is 2. The van der Waals surface area contributed by atoms with Crippen LogP contribution in [0, 0.1) is 5.82 Å². The van der Waals surface area contributed by atoms with E-state index in [2.05, 4.69) is 0 Å². The van der Waals surface area contributed by atoms with E-state index in [0.29, 0.717) is 11.3 Å². The Hall–Kier alpha value is -2.03. The molecule has 2 aromatic rings. The minimum atomic E-state index is -0.387. The molecule has 0 radical (unpaired) electrons. The summed E-state index contributed by atoms with van der Waals surface area (Å²) < 4.78 is 13.6. The SMILES string of the molecule is Nc1ccc(-c2cccc(N)c2F)cc1. The lowest BCUT2D eigenvalue weighted by Crippen LogP contribution is -1.93. The van der Waals surface area contributed by atoms with Crippen molar-refractivity contribution < 1.29 is 4.39 Å². The molecule has 0 saturated heterocycles. The van der Waals surface area contributed by atoms with E-state index < -0.39 is 0 Å². The molecule has 4 N–H and O–H groups in total. The van der Waals surface area contributed by atoms with Crippen LogP contribution in [0.1, 0.15) is 0 Å². The third-order valence-corrected chi connectivity index (χ3v) is 2.25. The van der Waals surface area contributed by atoms with E-state index in [1.807, 2.05) is 0 Å². The smallest absolute Gasteiger partial charge is 0.153 e. The number of hydrogen-bond acceptors (Lipinski definition) is 2. The Kier molecular flexibility index (Phi) is 2.29. The summed E-state index contributed by atoms with van der Waals surface area (Å²) in [5.74, 6) is -0.387. The first-order chi connectivity index (χ1) is 7.18. The molecule has 2 aromatic carbocycles. The summed E-state index contributed by atoms with van der Waals surface area (Å²) >= 11 is 0. The molecule has 76 valence electrons. The van der Waals surface area contributed by atoms with E-state index in [1.54, 1.807) is 36.4 Å². The molecule has 0 aliphatic carbocycles. The van der Waals surface area contributed by atoms with Crippen LogP contribution in [0.15, 0.2) is 42.5 Å². The Labute approximate surface area is 87.3 Å². The number of benzene rings is 2. The van der Waals surface area contributed by atoms with Gasteiger partial charge in [-0.05, 0) is 23.8 Å². The van der Waals surface area contributed by atoms with Crippen molar-refractivity contribution in [2.75, 3.05) is 11.5 Å². The highest BCUT2D eigenvalue weighted by atomic mass is 19.1. The van der Waals surface area contributed by atoms with Crippen LogP contribution < -0.4 is 11.5 Å². The van der Waals surface area contributed by atoms with Gasteiger partial charge in [0.05, 0.1) is 5.69 Å². The summed E-state index contributed by atoms with van der Waals surface area (Å²) in [6.07, 6.45) is 0. The van der Waals surface area contributed by atoms with Crippen molar-refractivity contribution in [1.29, 1.82) is 0 Å². The van der Waals surface area contributed by atoms with Gasteiger partial charge in [-0.15, -0.1) is 0 Å². The van der Waals surface area contributed by atoms with Crippen LogP contribution in [0.4, 0.5) is 15.8 Å². The van der Waals surface area contributed by atoms with Gasteiger partial charge in [0.2, 0.25) is 0 Å². The van der Waals surface area contributed by atoms with Crippen LogP contribution in [0.5, 0.6) is 0 Å². The summed E-state index contributed by atoms with van der Waals surface area (Å²) in [5.41, 5.74) is 13.1. The van der Waals surface area contributed by atoms with E-state index in [-0.39, 0.29) is 11.5 Å². The first-order valence-electron chi connectivity index (χ1n) is 4.58. The first kappa shape index (κ1) is 9.52. The van der Waals surface area contributed by atoms with Crippen molar-refractivity contribution in [2.45, 2.75) is 0 Å². The van der Waals surface area contributed by atoms with Crippen molar-refractivity contribution in [1.82, 2.24) is 0 Å². The van der Waals surface area contributed by atoms with Crippen LogP contribution in [0.25, 0.3) is 11.1 Å². The van der Waals surface area contributed by atoms with Gasteiger partial charge < -0.3 is 11.5 Å². The predicted octanol–water partition coefficient (Wildman–Crippen LogP) is 2.66. The molecule has 0 fully saturated rings.